The molecule has 3 rings (SSSR count). The summed E-state index contributed by atoms with van der Waals surface area (Å²) < 4.78 is 19.9. The number of anilines is 1. The highest BCUT2D eigenvalue weighted by atomic mass is 19.1. The van der Waals surface area contributed by atoms with Crippen LogP contribution >= 0.6 is 0 Å². The lowest BCUT2D eigenvalue weighted by atomic mass is 10.2. The smallest absolute Gasteiger partial charge is 0.342 e. The number of aromatic nitrogens is 2. The van der Waals surface area contributed by atoms with Crippen LogP contribution in [0, 0.1) is 19.7 Å². The number of para-hydroxylation sites is 1. The summed E-state index contributed by atoms with van der Waals surface area (Å²) in [7, 11) is 0. The first kappa shape index (κ1) is 19.3. The fourth-order valence-electron chi connectivity index (χ4n) is 2.81. The number of carbonyl (C=O) groups excluding carboxylic acids is 2. The average Bonchev–Trinajstić information content (AvgIpc) is 2.98. The largest absolute Gasteiger partial charge is 0.449 e. The summed E-state index contributed by atoms with van der Waals surface area (Å²) in [5, 5.41) is 6.99. The second-order valence-electron chi connectivity index (χ2n) is 6.34. The van der Waals surface area contributed by atoms with Gasteiger partial charge in [-0.1, -0.05) is 18.2 Å². The second kappa shape index (κ2) is 8.04. The molecule has 7 heteroatoms. The van der Waals surface area contributed by atoms with E-state index in [9.17, 15) is 14.0 Å². The molecule has 0 fully saturated rings. The number of amides is 1. The molecule has 0 bridgehead atoms. The lowest BCUT2D eigenvalue weighted by Gasteiger charge is -2.14. The molecule has 0 aliphatic carbocycles. The highest BCUT2D eigenvalue weighted by Crippen LogP contribution is 2.19. The van der Waals surface area contributed by atoms with E-state index in [0.29, 0.717) is 22.6 Å². The molecule has 0 spiro atoms. The summed E-state index contributed by atoms with van der Waals surface area (Å²) in [4.78, 5) is 24.9. The van der Waals surface area contributed by atoms with Crippen molar-refractivity contribution < 1.29 is 18.7 Å². The quantitative estimate of drug-likeness (QED) is 0.682. The first-order valence-electron chi connectivity index (χ1n) is 8.76. The third-order valence-corrected chi connectivity index (χ3v) is 4.26. The molecule has 1 unspecified atom stereocenters. The fraction of sp³-hybridized carbons (Fsp3) is 0.190. The molecule has 0 saturated heterocycles. The maximum atomic E-state index is 13.0. The average molecular weight is 381 g/mol. The number of esters is 1. The van der Waals surface area contributed by atoms with Crippen molar-refractivity contribution in [2.75, 3.05) is 5.32 Å². The molecule has 1 N–H and O–H groups in total. The van der Waals surface area contributed by atoms with Crippen LogP contribution in [-0.4, -0.2) is 27.8 Å². The maximum absolute atomic E-state index is 13.0. The summed E-state index contributed by atoms with van der Waals surface area (Å²) in [6, 6.07) is 14.7. The molecule has 0 radical (unpaired) electrons. The monoisotopic (exact) mass is 381 g/mol. The van der Waals surface area contributed by atoms with E-state index in [1.807, 2.05) is 30.3 Å². The minimum absolute atomic E-state index is 0.324. The van der Waals surface area contributed by atoms with E-state index >= 15 is 0 Å². The van der Waals surface area contributed by atoms with Crippen molar-refractivity contribution in [3.63, 3.8) is 0 Å². The summed E-state index contributed by atoms with van der Waals surface area (Å²) in [5.74, 6) is -1.54. The van der Waals surface area contributed by atoms with Gasteiger partial charge in [0, 0.05) is 5.69 Å². The molecular weight excluding hydrogens is 361 g/mol. The van der Waals surface area contributed by atoms with Crippen molar-refractivity contribution in [3.8, 4) is 5.69 Å². The molecule has 0 aliphatic heterocycles. The van der Waals surface area contributed by atoms with Crippen LogP contribution in [0.1, 0.15) is 28.7 Å². The van der Waals surface area contributed by atoms with E-state index in [-0.39, 0.29) is 0 Å². The highest BCUT2D eigenvalue weighted by Gasteiger charge is 2.25. The summed E-state index contributed by atoms with van der Waals surface area (Å²) in [6.07, 6.45) is -1.03. The standard InChI is InChI=1S/C21H20FN3O3/c1-13-19(14(2)25(24-13)18-7-5-4-6-8-18)21(27)28-15(3)20(26)23-17-11-9-16(22)10-12-17/h4-12,15H,1-3H3,(H,23,26). The van der Waals surface area contributed by atoms with Crippen LogP contribution in [0.4, 0.5) is 10.1 Å². The van der Waals surface area contributed by atoms with E-state index < -0.39 is 23.8 Å². The number of nitrogens with zero attached hydrogens (tertiary/aromatic N) is 2. The van der Waals surface area contributed by atoms with Crippen LogP contribution in [0.5, 0.6) is 0 Å². The fourth-order valence-corrected chi connectivity index (χ4v) is 2.81. The maximum Gasteiger partial charge on any atom is 0.342 e. The van der Waals surface area contributed by atoms with Gasteiger partial charge in [-0.15, -0.1) is 0 Å². The van der Waals surface area contributed by atoms with E-state index in [0.717, 1.165) is 5.69 Å². The first-order valence-corrected chi connectivity index (χ1v) is 8.76. The van der Waals surface area contributed by atoms with Crippen molar-refractivity contribution >= 4 is 17.6 Å². The molecule has 0 saturated carbocycles. The number of hydrogen-bond donors (Lipinski definition) is 1. The van der Waals surface area contributed by atoms with Crippen LogP contribution in [0.3, 0.4) is 0 Å². The minimum atomic E-state index is -1.03. The molecule has 2 aromatic carbocycles. The zero-order valence-electron chi connectivity index (χ0n) is 15.8. The Morgan fingerprint density at radius 2 is 1.71 bits per heavy atom. The zero-order chi connectivity index (χ0) is 20.3. The number of nitrogens with one attached hydrogen (secondary N) is 1. The molecule has 1 atom stereocenters. The van der Waals surface area contributed by atoms with Crippen molar-refractivity contribution in [2.24, 2.45) is 0 Å². The van der Waals surface area contributed by atoms with Crippen LogP contribution in [0.15, 0.2) is 54.6 Å². The number of carbonyl (C=O) groups is 2. The Balaban J connectivity index is 1.73. The van der Waals surface area contributed by atoms with E-state index in [1.165, 1.54) is 31.2 Å². The van der Waals surface area contributed by atoms with Crippen LogP contribution in [-0.2, 0) is 9.53 Å². The van der Waals surface area contributed by atoms with Gasteiger partial charge in [-0.05, 0) is 57.2 Å². The molecule has 1 amide bonds. The van der Waals surface area contributed by atoms with Gasteiger partial charge in [-0.25, -0.2) is 13.9 Å². The van der Waals surface area contributed by atoms with E-state index in [2.05, 4.69) is 10.4 Å². The normalized spacial score (nSPS) is 11.7. The Morgan fingerprint density at radius 1 is 1.07 bits per heavy atom. The van der Waals surface area contributed by atoms with Crippen molar-refractivity contribution in [2.45, 2.75) is 26.9 Å². The van der Waals surface area contributed by atoms with Gasteiger partial charge < -0.3 is 10.1 Å². The zero-order valence-corrected chi connectivity index (χ0v) is 15.8. The SMILES string of the molecule is Cc1nn(-c2ccccc2)c(C)c1C(=O)OC(C)C(=O)Nc1ccc(F)cc1. The Hall–Kier alpha value is -3.48. The predicted molar refractivity (Wildman–Crippen MR) is 103 cm³/mol. The number of halogens is 1. The molecule has 1 heterocycles. The van der Waals surface area contributed by atoms with Gasteiger partial charge in [-0.2, -0.15) is 5.10 Å². The Bertz CT molecular complexity index is 998. The Labute approximate surface area is 161 Å². The van der Waals surface area contributed by atoms with Gasteiger partial charge in [0.1, 0.15) is 11.4 Å². The lowest BCUT2D eigenvalue weighted by Crippen LogP contribution is -2.30. The second-order valence-corrected chi connectivity index (χ2v) is 6.34. The number of ether oxygens (including phenoxy) is 1. The summed E-state index contributed by atoms with van der Waals surface area (Å²) in [6.45, 7) is 4.96. The topological polar surface area (TPSA) is 73.2 Å². The van der Waals surface area contributed by atoms with Crippen LogP contribution in [0.2, 0.25) is 0 Å². The third-order valence-electron chi connectivity index (χ3n) is 4.26. The predicted octanol–water partition coefficient (Wildman–Crippen LogP) is 3.81. The molecule has 144 valence electrons. The van der Waals surface area contributed by atoms with Gasteiger partial charge in [0.2, 0.25) is 0 Å². The number of aryl methyl sites for hydroxylation is 1. The molecule has 0 aliphatic rings. The van der Waals surface area contributed by atoms with Gasteiger partial charge >= 0.3 is 5.97 Å². The van der Waals surface area contributed by atoms with Gasteiger partial charge in [0.15, 0.2) is 6.10 Å². The first-order chi connectivity index (χ1) is 13.4. The highest BCUT2D eigenvalue weighted by molar-refractivity contribution is 5.98. The van der Waals surface area contributed by atoms with Gasteiger partial charge in [-0.3, -0.25) is 4.79 Å². The number of rotatable bonds is 5. The molecule has 6 nitrogen and oxygen atoms in total. The van der Waals surface area contributed by atoms with Crippen molar-refractivity contribution in [1.29, 1.82) is 0 Å². The van der Waals surface area contributed by atoms with Crippen LogP contribution < -0.4 is 5.32 Å². The minimum Gasteiger partial charge on any atom is -0.449 e. The number of hydrogen-bond acceptors (Lipinski definition) is 4. The third kappa shape index (κ3) is 4.09. The lowest BCUT2D eigenvalue weighted by molar-refractivity contribution is -0.123. The van der Waals surface area contributed by atoms with Gasteiger partial charge in [0.25, 0.3) is 5.91 Å². The molecule has 1 aromatic heterocycles. The summed E-state index contributed by atoms with van der Waals surface area (Å²) in [5.41, 5.74) is 2.70. The van der Waals surface area contributed by atoms with Crippen molar-refractivity contribution in [3.05, 3.63) is 77.4 Å². The van der Waals surface area contributed by atoms with E-state index in [4.69, 9.17) is 4.74 Å². The molecule has 28 heavy (non-hydrogen) atoms. The Morgan fingerprint density at radius 3 is 2.36 bits per heavy atom. The van der Waals surface area contributed by atoms with Gasteiger partial charge in [0.05, 0.1) is 17.1 Å². The van der Waals surface area contributed by atoms with Crippen molar-refractivity contribution in [1.82, 2.24) is 9.78 Å². The van der Waals surface area contributed by atoms with E-state index in [1.54, 1.807) is 18.5 Å². The number of benzene rings is 2. The molecular formula is C21H20FN3O3. The summed E-state index contributed by atoms with van der Waals surface area (Å²) >= 11 is 0. The van der Waals surface area contributed by atoms with Crippen LogP contribution in [0.25, 0.3) is 5.69 Å². The molecule has 3 aromatic rings. The Kier molecular flexibility index (Phi) is 5.54.